The first-order valence-corrected chi connectivity index (χ1v) is 6.58. The van der Waals surface area contributed by atoms with Gasteiger partial charge in [-0.3, -0.25) is 4.79 Å². The number of nitrogens with zero attached hydrogens (tertiary/aromatic N) is 2. The number of Topliss-reactive ketones (excluding diaryl/α,β-unsaturated/α-hetero) is 1. The topological polar surface area (TPSA) is 42.9 Å². The molecule has 0 saturated carbocycles. The van der Waals surface area contributed by atoms with Crippen LogP contribution in [0.3, 0.4) is 0 Å². The predicted octanol–water partition coefficient (Wildman–Crippen LogP) is 3.38. The SMILES string of the molecule is O=C1CCCc2nc(-c3ccc(Cl)s3)ncc21. The molecule has 0 fully saturated rings. The van der Waals surface area contributed by atoms with Crippen molar-refractivity contribution in [1.29, 1.82) is 0 Å². The molecule has 1 aliphatic rings. The molecular formula is C12H9ClN2OS. The molecular weight excluding hydrogens is 256 g/mol. The highest BCUT2D eigenvalue weighted by atomic mass is 35.5. The zero-order chi connectivity index (χ0) is 11.8. The zero-order valence-electron chi connectivity index (χ0n) is 8.94. The first-order valence-electron chi connectivity index (χ1n) is 5.39. The lowest BCUT2D eigenvalue weighted by atomic mass is 9.96. The van der Waals surface area contributed by atoms with Gasteiger partial charge in [-0.25, -0.2) is 9.97 Å². The van der Waals surface area contributed by atoms with Gasteiger partial charge >= 0.3 is 0 Å². The van der Waals surface area contributed by atoms with E-state index in [0.29, 0.717) is 17.8 Å². The number of rotatable bonds is 1. The molecule has 0 amide bonds. The van der Waals surface area contributed by atoms with Crippen LogP contribution in [0.1, 0.15) is 28.9 Å². The number of aryl methyl sites for hydroxylation is 1. The summed E-state index contributed by atoms with van der Waals surface area (Å²) >= 11 is 7.33. The van der Waals surface area contributed by atoms with Crippen LogP contribution in [-0.2, 0) is 6.42 Å². The Bertz CT molecular complexity index is 594. The fourth-order valence-corrected chi connectivity index (χ4v) is 2.93. The second-order valence-electron chi connectivity index (χ2n) is 3.93. The molecule has 17 heavy (non-hydrogen) atoms. The fraction of sp³-hybridized carbons (Fsp3) is 0.250. The van der Waals surface area contributed by atoms with Gasteiger partial charge in [0.1, 0.15) is 0 Å². The predicted molar refractivity (Wildman–Crippen MR) is 67.6 cm³/mol. The van der Waals surface area contributed by atoms with Crippen molar-refractivity contribution < 1.29 is 4.79 Å². The van der Waals surface area contributed by atoms with Crippen molar-refractivity contribution in [2.45, 2.75) is 19.3 Å². The van der Waals surface area contributed by atoms with Gasteiger partial charge in [0.15, 0.2) is 11.6 Å². The third-order valence-corrected chi connectivity index (χ3v) is 4.01. The number of fused-ring (bicyclic) bond motifs is 1. The van der Waals surface area contributed by atoms with E-state index in [1.165, 1.54) is 11.3 Å². The molecule has 86 valence electrons. The van der Waals surface area contributed by atoms with Crippen molar-refractivity contribution >= 4 is 28.7 Å². The molecule has 0 bridgehead atoms. The molecule has 0 N–H and O–H groups in total. The van der Waals surface area contributed by atoms with Gasteiger partial charge in [-0.1, -0.05) is 11.6 Å². The first kappa shape index (κ1) is 10.9. The number of thiophene rings is 1. The van der Waals surface area contributed by atoms with Gasteiger partial charge in [0.2, 0.25) is 0 Å². The van der Waals surface area contributed by atoms with Crippen LogP contribution in [0.15, 0.2) is 18.3 Å². The average molecular weight is 265 g/mol. The van der Waals surface area contributed by atoms with E-state index in [4.69, 9.17) is 11.6 Å². The van der Waals surface area contributed by atoms with E-state index in [9.17, 15) is 4.79 Å². The Labute approximate surface area is 107 Å². The summed E-state index contributed by atoms with van der Waals surface area (Å²) in [7, 11) is 0. The lowest BCUT2D eigenvalue weighted by molar-refractivity contribution is 0.0971. The van der Waals surface area contributed by atoms with Gasteiger partial charge in [-0.2, -0.15) is 0 Å². The maximum Gasteiger partial charge on any atom is 0.169 e. The number of aromatic nitrogens is 2. The van der Waals surface area contributed by atoms with Gasteiger partial charge < -0.3 is 0 Å². The van der Waals surface area contributed by atoms with Gasteiger partial charge in [0.05, 0.1) is 20.5 Å². The van der Waals surface area contributed by atoms with Crippen LogP contribution in [-0.4, -0.2) is 15.8 Å². The highest BCUT2D eigenvalue weighted by Gasteiger charge is 2.19. The summed E-state index contributed by atoms with van der Waals surface area (Å²) in [5, 5.41) is 0. The molecule has 0 spiro atoms. The van der Waals surface area contributed by atoms with Crippen LogP contribution in [0, 0.1) is 0 Å². The minimum Gasteiger partial charge on any atom is -0.294 e. The minimum absolute atomic E-state index is 0.155. The van der Waals surface area contributed by atoms with Crippen LogP contribution in [0.5, 0.6) is 0 Å². The van der Waals surface area contributed by atoms with E-state index in [1.54, 1.807) is 6.20 Å². The molecule has 0 atom stereocenters. The maximum atomic E-state index is 11.6. The van der Waals surface area contributed by atoms with Crippen LogP contribution in [0.25, 0.3) is 10.7 Å². The quantitative estimate of drug-likeness (QED) is 0.793. The number of hydrogen-bond donors (Lipinski definition) is 0. The Balaban J connectivity index is 2.06. The molecule has 0 aromatic carbocycles. The summed E-state index contributed by atoms with van der Waals surface area (Å²) in [4.78, 5) is 21.3. The molecule has 2 aromatic heterocycles. The summed E-state index contributed by atoms with van der Waals surface area (Å²) in [6.07, 6.45) is 4.00. The van der Waals surface area contributed by atoms with Gasteiger partial charge in [0, 0.05) is 12.6 Å². The Morgan fingerprint density at radius 2 is 2.18 bits per heavy atom. The summed E-state index contributed by atoms with van der Waals surface area (Å²) in [6, 6.07) is 3.73. The van der Waals surface area contributed by atoms with Crippen LogP contribution >= 0.6 is 22.9 Å². The van der Waals surface area contributed by atoms with E-state index in [0.717, 1.165) is 27.7 Å². The number of carbonyl (C=O) groups excluding carboxylic acids is 1. The monoisotopic (exact) mass is 264 g/mol. The molecule has 5 heteroatoms. The Kier molecular flexibility index (Phi) is 2.68. The third kappa shape index (κ3) is 1.98. The van der Waals surface area contributed by atoms with Crippen molar-refractivity contribution in [2.75, 3.05) is 0 Å². The first-order chi connectivity index (χ1) is 8.24. The largest absolute Gasteiger partial charge is 0.294 e. The minimum atomic E-state index is 0.155. The normalized spacial score (nSPS) is 14.8. The lowest BCUT2D eigenvalue weighted by Gasteiger charge is -2.13. The number of hydrogen-bond acceptors (Lipinski definition) is 4. The van der Waals surface area contributed by atoms with E-state index < -0.39 is 0 Å². The summed E-state index contributed by atoms with van der Waals surface area (Å²) in [5.74, 6) is 0.817. The van der Waals surface area contributed by atoms with E-state index in [1.807, 2.05) is 12.1 Å². The number of carbonyl (C=O) groups is 1. The summed E-state index contributed by atoms with van der Waals surface area (Å²) < 4.78 is 0.720. The Hall–Kier alpha value is -1.26. The highest BCUT2D eigenvalue weighted by molar-refractivity contribution is 7.19. The standard InChI is InChI=1S/C12H9ClN2OS/c13-11-5-4-10(17-11)12-14-6-7-8(15-12)2-1-3-9(7)16/h4-6H,1-3H2. The van der Waals surface area contributed by atoms with Crippen molar-refractivity contribution in [1.82, 2.24) is 9.97 Å². The van der Waals surface area contributed by atoms with Gasteiger partial charge in [-0.15, -0.1) is 11.3 Å². The molecule has 2 aromatic rings. The van der Waals surface area contributed by atoms with Crippen molar-refractivity contribution in [2.24, 2.45) is 0 Å². The Morgan fingerprint density at radius 3 is 2.94 bits per heavy atom. The van der Waals surface area contributed by atoms with Crippen molar-refractivity contribution in [3.05, 3.63) is 33.9 Å². The molecule has 3 nitrogen and oxygen atoms in total. The second kappa shape index (κ2) is 4.20. The zero-order valence-corrected chi connectivity index (χ0v) is 10.5. The second-order valence-corrected chi connectivity index (χ2v) is 5.65. The average Bonchev–Trinajstić information content (AvgIpc) is 2.76. The molecule has 0 aliphatic heterocycles. The van der Waals surface area contributed by atoms with E-state index in [2.05, 4.69) is 9.97 Å². The molecule has 0 unspecified atom stereocenters. The third-order valence-electron chi connectivity index (χ3n) is 2.78. The van der Waals surface area contributed by atoms with Crippen molar-refractivity contribution in [3.63, 3.8) is 0 Å². The van der Waals surface area contributed by atoms with Crippen LogP contribution < -0.4 is 0 Å². The molecule has 3 rings (SSSR count). The van der Waals surface area contributed by atoms with Crippen LogP contribution in [0.4, 0.5) is 0 Å². The summed E-state index contributed by atoms with van der Waals surface area (Å²) in [6.45, 7) is 0. The summed E-state index contributed by atoms with van der Waals surface area (Å²) in [5.41, 5.74) is 1.55. The van der Waals surface area contributed by atoms with Gasteiger partial charge in [0.25, 0.3) is 0 Å². The van der Waals surface area contributed by atoms with E-state index in [-0.39, 0.29) is 5.78 Å². The molecule has 0 saturated heterocycles. The lowest BCUT2D eigenvalue weighted by Crippen LogP contribution is -2.13. The van der Waals surface area contributed by atoms with Crippen molar-refractivity contribution in [3.8, 4) is 10.7 Å². The molecule has 1 aliphatic carbocycles. The smallest absolute Gasteiger partial charge is 0.169 e. The molecule has 0 radical (unpaired) electrons. The van der Waals surface area contributed by atoms with Gasteiger partial charge in [-0.05, 0) is 25.0 Å². The van der Waals surface area contributed by atoms with E-state index >= 15 is 0 Å². The fourth-order valence-electron chi connectivity index (χ4n) is 1.94. The number of ketones is 1. The number of halogens is 1. The molecule has 2 heterocycles. The highest BCUT2D eigenvalue weighted by Crippen LogP contribution is 2.30. The maximum absolute atomic E-state index is 11.6. The Morgan fingerprint density at radius 1 is 1.29 bits per heavy atom. The van der Waals surface area contributed by atoms with Crippen LogP contribution in [0.2, 0.25) is 4.34 Å².